The monoisotopic (exact) mass is 304 g/mol. The van der Waals surface area contributed by atoms with Gasteiger partial charge >= 0.3 is 0 Å². The lowest BCUT2D eigenvalue weighted by molar-refractivity contribution is -0.126. The molecule has 1 amide bonds. The van der Waals surface area contributed by atoms with E-state index in [4.69, 9.17) is 10.5 Å². The van der Waals surface area contributed by atoms with Crippen molar-refractivity contribution in [3.05, 3.63) is 30.1 Å². The number of benzene rings is 1. The fraction of sp³-hybridized carbons (Fsp3) is 0.500. The third-order valence-corrected chi connectivity index (χ3v) is 2.74. The highest BCUT2D eigenvalue weighted by Gasteiger charge is 2.26. The van der Waals surface area contributed by atoms with Gasteiger partial charge in [-0.25, -0.2) is 4.39 Å². The van der Waals surface area contributed by atoms with Crippen molar-refractivity contribution in [3.8, 4) is 5.75 Å². The van der Waals surface area contributed by atoms with Crippen LogP contribution in [-0.2, 0) is 4.79 Å². The molecule has 0 aromatic heterocycles. The Morgan fingerprint density at radius 2 is 2.20 bits per heavy atom. The fourth-order valence-electron chi connectivity index (χ4n) is 1.73. The van der Waals surface area contributed by atoms with Gasteiger partial charge in [0.15, 0.2) is 0 Å². The van der Waals surface area contributed by atoms with Gasteiger partial charge in [-0.1, -0.05) is 19.4 Å². The van der Waals surface area contributed by atoms with E-state index in [2.05, 4.69) is 5.32 Å². The number of hydrogen-bond acceptors (Lipinski definition) is 3. The average Bonchev–Trinajstić information content (AvgIpc) is 2.34. The molecule has 0 fully saturated rings. The molecule has 1 aromatic rings. The number of ether oxygens (including phenoxy) is 1. The van der Waals surface area contributed by atoms with Crippen LogP contribution in [0.3, 0.4) is 0 Å². The summed E-state index contributed by atoms with van der Waals surface area (Å²) in [5.74, 6) is -0.102. The molecular weight excluding hydrogens is 283 g/mol. The Bertz CT molecular complexity index is 427. The first-order valence-electron chi connectivity index (χ1n) is 6.41. The van der Waals surface area contributed by atoms with Crippen molar-refractivity contribution in [1.82, 2.24) is 5.32 Å². The van der Waals surface area contributed by atoms with E-state index < -0.39 is 5.54 Å². The van der Waals surface area contributed by atoms with Gasteiger partial charge in [-0.05, 0) is 25.5 Å². The summed E-state index contributed by atoms with van der Waals surface area (Å²) in [5, 5.41) is 2.71. The molecule has 1 rings (SSSR count). The van der Waals surface area contributed by atoms with Crippen LogP contribution in [-0.4, -0.2) is 24.6 Å². The van der Waals surface area contributed by atoms with Crippen LogP contribution in [0.25, 0.3) is 0 Å². The lowest BCUT2D eigenvalue weighted by Gasteiger charge is -2.22. The number of amides is 1. The summed E-state index contributed by atoms with van der Waals surface area (Å²) in [6.45, 7) is 4.30. The number of carbonyl (C=O) groups is 1. The van der Waals surface area contributed by atoms with E-state index in [0.29, 0.717) is 18.7 Å². The predicted octanol–water partition coefficient (Wildman–Crippen LogP) is 2.26. The average molecular weight is 305 g/mol. The largest absolute Gasteiger partial charge is 0.492 e. The molecule has 20 heavy (non-hydrogen) atoms. The molecule has 0 aliphatic rings. The Balaban J connectivity index is 0.00000361. The summed E-state index contributed by atoms with van der Waals surface area (Å²) >= 11 is 0. The van der Waals surface area contributed by atoms with E-state index >= 15 is 0 Å². The van der Waals surface area contributed by atoms with E-state index in [1.54, 1.807) is 19.1 Å². The second kappa shape index (κ2) is 8.76. The third kappa shape index (κ3) is 6.21. The van der Waals surface area contributed by atoms with Gasteiger partial charge in [0.25, 0.3) is 0 Å². The SMILES string of the molecule is CCCC(C)(N)C(=O)NCCOc1cccc(F)c1.Cl. The lowest BCUT2D eigenvalue weighted by atomic mass is 9.97. The maximum absolute atomic E-state index is 12.9. The van der Waals surface area contributed by atoms with Gasteiger partial charge in [-0.2, -0.15) is 0 Å². The van der Waals surface area contributed by atoms with Crippen molar-refractivity contribution in [2.24, 2.45) is 5.73 Å². The summed E-state index contributed by atoms with van der Waals surface area (Å²) < 4.78 is 18.2. The molecule has 3 N–H and O–H groups in total. The zero-order valence-corrected chi connectivity index (χ0v) is 12.6. The first-order valence-corrected chi connectivity index (χ1v) is 6.41. The molecule has 0 aliphatic heterocycles. The number of halogens is 2. The molecule has 1 atom stereocenters. The minimum atomic E-state index is -0.854. The van der Waals surface area contributed by atoms with Crippen molar-refractivity contribution >= 4 is 18.3 Å². The summed E-state index contributed by atoms with van der Waals surface area (Å²) in [6, 6.07) is 5.88. The normalized spacial score (nSPS) is 13.0. The molecule has 0 bridgehead atoms. The topological polar surface area (TPSA) is 64.4 Å². The first-order chi connectivity index (χ1) is 8.95. The van der Waals surface area contributed by atoms with E-state index in [9.17, 15) is 9.18 Å². The highest BCUT2D eigenvalue weighted by Crippen LogP contribution is 2.11. The van der Waals surface area contributed by atoms with Gasteiger partial charge in [0.1, 0.15) is 18.2 Å². The lowest BCUT2D eigenvalue weighted by Crippen LogP contribution is -2.52. The van der Waals surface area contributed by atoms with E-state index in [1.807, 2.05) is 6.92 Å². The summed E-state index contributed by atoms with van der Waals surface area (Å²) in [4.78, 5) is 11.8. The van der Waals surface area contributed by atoms with Gasteiger partial charge < -0.3 is 15.8 Å². The van der Waals surface area contributed by atoms with Gasteiger partial charge in [0, 0.05) is 6.07 Å². The quantitative estimate of drug-likeness (QED) is 0.760. The van der Waals surface area contributed by atoms with Crippen LogP contribution in [0.5, 0.6) is 5.75 Å². The second-order valence-corrected chi connectivity index (χ2v) is 4.73. The van der Waals surface area contributed by atoms with Gasteiger partial charge in [-0.3, -0.25) is 4.79 Å². The van der Waals surface area contributed by atoms with Crippen molar-refractivity contribution in [2.45, 2.75) is 32.2 Å². The molecule has 0 saturated carbocycles. The van der Waals surface area contributed by atoms with Crippen molar-refractivity contribution in [3.63, 3.8) is 0 Å². The molecule has 114 valence electrons. The van der Waals surface area contributed by atoms with Crippen LogP contribution in [0.2, 0.25) is 0 Å². The van der Waals surface area contributed by atoms with Crippen LogP contribution < -0.4 is 15.8 Å². The predicted molar refractivity (Wildman–Crippen MR) is 79.7 cm³/mol. The molecular formula is C14H22ClFN2O2. The minimum Gasteiger partial charge on any atom is -0.492 e. The molecule has 6 heteroatoms. The standard InChI is InChI=1S/C14H21FN2O2.ClH/c1-3-7-14(2,16)13(18)17-8-9-19-12-6-4-5-11(15)10-12;/h4-6,10H,3,7-9,16H2,1-2H3,(H,17,18);1H. The molecule has 4 nitrogen and oxygen atoms in total. The first kappa shape index (κ1) is 18.7. The highest BCUT2D eigenvalue weighted by molar-refractivity contribution is 5.85. The Labute approximate surface area is 125 Å². The summed E-state index contributed by atoms with van der Waals surface area (Å²) in [6.07, 6.45) is 1.48. The minimum absolute atomic E-state index is 0. The molecule has 0 radical (unpaired) electrons. The Morgan fingerprint density at radius 1 is 1.50 bits per heavy atom. The van der Waals surface area contributed by atoms with Gasteiger partial charge in [0.05, 0.1) is 12.1 Å². The van der Waals surface area contributed by atoms with Crippen molar-refractivity contribution in [1.29, 1.82) is 0 Å². The maximum Gasteiger partial charge on any atom is 0.239 e. The van der Waals surface area contributed by atoms with Crippen LogP contribution in [0, 0.1) is 5.82 Å². The Morgan fingerprint density at radius 3 is 2.80 bits per heavy atom. The molecule has 0 spiro atoms. The van der Waals surface area contributed by atoms with Crippen LogP contribution in [0.4, 0.5) is 4.39 Å². The number of nitrogens with one attached hydrogen (secondary N) is 1. The third-order valence-electron chi connectivity index (χ3n) is 2.74. The van der Waals surface area contributed by atoms with E-state index in [1.165, 1.54) is 12.1 Å². The van der Waals surface area contributed by atoms with E-state index in [-0.39, 0.29) is 30.7 Å². The van der Waals surface area contributed by atoms with E-state index in [0.717, 1.165) is 6.42 Å². The van der Waals surface area contributed by atoms with Gasteiger partial charge in [-0.15, -0.1) is 12.4 Å². The van der Waals surface area contributed by atoms with Gasteiger partial charge in [0.2, 0.25) is 5.91 Å². The van der Waals surface area contributed by atoms with Crippen LogP contribution >= 0.6 is 12.4 Å². The maximum atomic E-state index is 12.9. The number of nitrogens with two attached hydrogens (primary N) is 1. The Hall–Kier alpha value is -1.33. The summed E-state index contributed by atoms with van der Waals surface area (Å²) in [7, 11) is 0. The van der Waals surface area contributed by atoms with Crippen LogP contribution in [0.1, 0.15) is 26.7 Å². The van der Waals surface area contributed by atoms with Crippen molar-refractivity contribution in [2.75, 3.05) is 13.2 Å². The number of carbonyl (C=O) groups excluding carboxylic acids is 1. The number of hydrogen-bond donors (Lipinski definition) is 2. The number of rotatable bonds is 7. The zero-order valence-electron chi connectivity index (χ0n) is 11.8. The molecule has 0 heterocycles. The smallest absolute Gasteiger partial charge is 0.239 e. The summed E-state index contributed by atoms with van der Waals surface area (Å²) in [5.41, 5.74) is 5.03. The Kier molecular flexibility index (Phi) is 8.18. The fourth-order valence-corrected chi connectivity index (χ4v) is 1.73. The molecule has 1 aromatic carbocycles. The van der Waals surface area contributed by atoms with Crippen molar-refractivity contribution < 1.29 is 13.9 Å². The second-order valence-electron chi connectivity index (χ2n) is 4.73. The highest BCUT2D eigenvalue weighted by atomic mass is 35.5. The zero-order chi connectivity index (χ0) is 14.3. The molecule has 0 aliphatic carbocycles. The molecule has 1 unspecified atom stereocenters. The molecule has 0 saturated heterocycles. The van der Waals surface area contributed by atoms with Crippen LogP contribution in [0.15, 0.2) is 24.3 Å².